The summed E-state index contributed by atoms with van der Waals surface area (Å²) in [5, 5.41) is 0. The number of halogens is 1. The number of aromatic nitrogens is 1. The number of methoxy groups -OCH3 is 1. The summed E-state index contributed by atoms with van der Waals surface area (Å²) in [5.74, 6) is 1.36. The molecule has 0 bridgehead atoms. The van der Waals surface area contributed by atoms with Crippen LogP contribution in [0.1, 0.15) is 32.3 Å². The van der Waals surface area contributed by atoms with Crippen LogP contribution in [0, 0.1) is 0 Å². The van der Waals surface area contributed by atoms with Gasteiger partial charge in [0.2, 0.25) is 5.88 Å². The predicted octanol–water partition coefficient (Wildman–Crippen LogP) is 4.13. The van der Waals surface area contributed by atoms with Gasteiger partial charge in [-0.15, -0.1) is 19.0 Å². The molecule has 0 amide bonds. The van der Waals surface area contributed by atoms with E-state index in [-0.39, 0.29) is 23.2 Å². The van der Waals surface area contributed by atoms with E-state index < -0.39 is 10.0 Å². The van der Waals surface area contributed by atoms with Gasteiger partial charge in [-0.2, -0.15) is 4.98 Å². The van der Waals surface area contributed by atoms with Crippen LogP contribution in [-0.2, 0) is 10.0 Å². The summed E-state index contributed by atoms with van der Waals surface area (Å²) < 4.78 is 33.7. The van der Waals surface area contributed by atoms with Crippen molar-refractivity contribution in [3.05, 3.63) is 54.6 Å². The molecule has 1 aromatic heterocycles. The van der Waals surface area contributed by atoms with E-state index in [1.807, 2.05) is 24.3 Å². The third-order valence-electron chi connectivity index (χ3n) is 5.59. The molecule has 9 heteroatoms. The van der Waals surface area contributed by atoms with E-state index in [1.54, 1.807) is 18.2 Å². The first-order chi connectivity index (χ1) is 14.7. The highest BCUT2D eigenvalue weighted by molar-refractivity contribution is 7.92. The van der Waals surface area contributed by atoms with Crippen LogP contribution >= 0.6 is 12.4 Å². The second kappa shape index (κ2) is 11.0. The van der Waals surface area contributed by atoms with Crippen LogP contribution in [0.5, 0.6) is 5.88 Å². The number of pyridine rings is 1. The van der Waals surface area contributed by atoms with Gasteiger partial charge in [0.15, 0.2) is 0 Å². The number of nitrogens with zero attached hydrogens (tertiary/aromatic N) is 3. The number of piperazine rings is 1. The van der Waals surface area contributed by atoms with Crippen molar-refractivity contribution in [1.29, 1.82) is 0 Å². The van der Waals surface area contributed by atoms with Crippen molar-refractivity contribution in [3.63, 3.8) is 0 Å². The molecule has 1 aliphatic rings. The molecule has 1 aromatic carbocycles. The van der Waals surface area contributed by atoms with E-state index in [2.05, 4.69) is 46.9 Å². The molecular formula is C23H33ClN4O3S. The SMILES string of the molecule is C=CCN1CCN(c2ccc(NS(=O)(=O)c3ccc(C(C)C)cc3)c(OC)n2)C[C@@H]1C.Cl. The lowest BCUT2D eigenvalue weighted by Gasteiger charge is -2.40. The molecule has 2 aromatic rings. The van der Waals surface area contributed by atoms with Crippen molar-refractivity contribution in [1.82, 2.24) is 9.88 Å². The third kappa shape index (κ3) is 5.94. The highest BCUT2D eigenvalue weighted by atomic mass is 35.5. The Kier molecular flexibility index (Phi) is 8.95. The Hall–Kier alpha value is -2.29. The lowest BCUT2D eigenvalue weighted by molar-refractivity contribution is 0.209. The number of rotatable bonds is 8. The maximum atomic E-state index is 12.9. The summed E-state index contributed by atoms with van der Waals surface area (Å²) >= 11 is 0. The summed E-state index contributed by atoms with van der Waals surface area (Å²) in [6.07, 6.45) is 1.92. The van der Waals surface area contributed by atoms with Gasteiger partial charge in [-0.05, 0) is 42.7 Å². The van der Waals surface area contributed by atoms with Crippen molar-refractivity contribution in [2.45, 2.75) is 37.6 Å². The Bertz CT molecular complexity index is 1010. The van der Waals surface area contributed by atoms with Crippen molar-refractivity contribution in [2.75, 3.05) is 42.9 Å². The molecule has 7 nitrogen and oxygen atoms in total. The number of anilines is 2. The van der Waals surface area contributed by atoms with E-state index in [4.69, 9.17) is 4.74 Å². The monoisotopic (exact) mass is 480 g/mol. The minimum Gasteiger partial charge on any atom is -0.479 e. The number of ether oxygens (including phenoxy) is 1. The molecule has 1 fully saturated rings. The van der Waals surface area contributed by atoms with Crippen LogP contribution < -0.4 is 14.4 Å². The van der Waals surface area contributed by atoms with Gasteiger partial charge in [0.25, 0.3) is 10.0 Å². The zero-order valence-electron chi connectivity index (χ0n) is 19.1. The largest absolute Gasteiger partial charge is 0.479 e. The predicted molar refractivity (Wildman–Crippen MR) is 133 cm³/mol. The van der Waals surface area contributed by atoms with Crippen LogP contribution in [0.25, 0.3) is 0 Å². The first-order valence-corrected chi connectivity index (χ1v) is 12.0. The topological polar surface area (TPSA) is 74.8 Å². The molecule has 0 radical (unpaired) electrons. The van der Waals surface area contributed by atoms with Crippen LogP contribution in [0.2, 0.25) is 0 Å². The summed E-state index contributed by atoms with van der Waals surface area (Å²) in [5.41, 5.74) is 1.41. The number of hydrogen-bond acceptors (Lipinski definition) is 6. The van der Waals surface area contributed by atoms with Gasteiger partial charge in [-0.3, -0.25) is 9.62 Å². The number of hydrogen-bond donors (Lipinski definition) is 1. The highest BCUT2D eigenvalue weighted by Crippen LogP contribution is 2.29. The molecule has 176 valence electrons. The van der Waals surface area contributed by atoms with Crippen molar-refractivity contribution < 1.29 is 13.2 Å². The van der Waals surface area contributed by atoms with Crippen LogP contribution in [0.4, 0.5) is 11.5 Å². The minimum atomic E-state index is -3.75. The highest BCUT2D eigenvalue weighted by Gasteiger charge is 2.25. The Balaban J connectivity index is 0.00000363. The molecule has 1 aliphatic heterocycles. The third-order valence-corrected chi connectivity index (χ3v) is 6.97. The fourth-order valence-corrected chi connectivity index (χ4v) is 4.77. The van der Waals surface area contributed by atoms with Crippen molar-refractivity contribution >= 4 is 33.9 Å². The lowest BCUT2D eigenvalue weighted by Crippen LogP contribution is -2.52. The van der Waals surface area contributed by atoms with E-state index in [0.717, 1.165) is 37.6 Å². The quantitative estimate of drug-likeness (QED) is 0.572. The summed E-state index contributed by atoms with van der Waals surface area (Å²) in [6, 6.07) is 10.8. The maximum absolute atomic E-state index is 12.9. The molecular weight excluding hydrogens is 448 g/mol. The average molecular weight is 481 g/mol. The van der Waals surface area contributed by atoms with Gasteiger partial charge in [-0.25, -0.2) is 8.42 Å². The summed E-state index contributed by atoms with van der Waals surface area (Å²) in [4.78, 5) is 9.34. The molecule has 32 heavy (non-hydrogen) atoms. The van der Waals surface area contributed by atoms with E-state index in [9.17, 15) is 8.42 Å². The Morgan fingerprint density at radius 2 is 1.91 bits per heavy atom. The van der Waals surface area contributed by atoms with Crippen LogP contribution in [0.15, 0.2) is 53.9 Å². The Morgan fingerprint density at radius 1 is 1.22 bits per heavy atom. The summed E-state index contributed by atoms with van der Waals surface area (Å²) in [7, 11) is -2.26. The van der Waals surface area contributed by atoms with E-state index in [0.29, 0.717) is 17.6 Å². The van der Waals surface area contributed by atoms with Gasteiger partial charge >= 0.3 is 0 Å². The van der Waals surface area contributed by atoms with Gasteiger partial charge in [-0.1, -0.05) is 32.1 Å². The molecule has 2 heterocycles. The lowest BCUT2D eigenvalue weighted by atomic mass is 10.0. The van der Waals surface area contributed by atoms with Crippen molar-refractivity contribution in [3.8, 4) is 5.88 Å². The Labute approximate surface area is 197 Å². The van der Waals surface area contributed by atoms with Gasteiger partial charge < -0.3 is 9.64 Å². The molecule has 1 N–H and O–H groups in total. The zero-order chi connectivity index (χ0) is 22.6. The zero-order valence-corrected chi connectivity index (χ0v) is 20.7. The molecule has 1 atom stereocenters. The smallest absolute Gasteiger partial charge is 0.262 e. The molecule has 0 aliphatic carbocycles. The number of nitrogens with one attached hydrogen (secondary N) is 1. The fraction of sp³-hybridized carbons (Fsp3) is 0.435. The molecule has 0 spiro atoms. The molecule has 0 unspecified atom stereocenters. The second-order valence-corrected chi connectivity index (χ2v) is 9.82. The van der Waals surface area contributed by atoms with Crippen molar-refractivity contribution in [2.24, 2.45) is 0 Å². The normalized spacial score (nSPS) is 17.0. The average Bonchev–Trinajstić information content (AvgIpc) is 2.75. The molecule has 0 saturated carbocycles. The summed E-state index contributed by atoms with van der Waals surface area (Å²) in [6.45, 7) is 13.6. The van der Waals surface area contributed by atoms with E-state index in [1.165, 1.54) is 7.11 Å². The van der Waals surface area contributed by atoms with Crippen LogP contribution in [0.3, 0.4) is 0 Å². The second-order valence-electron chi connectivity index (χ2n) is 8.13. The van der Waals surface area contributed by atoms with Gasteiger partial charge in [0, 0.05) is 32.2 Å². The maximum Gasteiger partial charge on any atom is 0.262 e. The van der Waals surface area contributed by atoms with Gasteiger partial charge in [0.05, 0.1) is 12.0 Å². The standard InChI is InChI=1S/C23H32N4O3S.ClH/c1-6-13-26-14-15-27(16-18(26)4)22-12-11-21(23(24-22)30-5)25-31(28,29)20-9-7-19(8-10-20)17(2)3;/h6-12,17-18,25H,1,13-16H2,2-5H3;1H/t18-;/m0./s1. The molecule has 1 saturated heterocycles. The number of sulfonamides is 1. The van der Waals surface area contributed by atoms with Gasteiger partial charge in [0.1, 0.15) is 11.5 Å². The fourth-order valence-electron chi connectivity index (χ4n) is 3.72. The van der Waals surface area contributed by atoms with E-state index >= 15 is 0 Å². The Morgan fingerprint density at radius 3 is 2.47 bits per heavy atom. The first kappa shape index (κ1) is 26.0. The molecule has 3 rings (SSSR count). The first-order valence-electron chi connectivity index (χ1n) is 10.5. The minimum absolute atomic E-state index is 0. The van der Waals surface area contributed by atoms with Crippen LogP contribution in [-0.4, -0.2) is 57.6 Å². The number of benzene rings is 1.